The number of hydrogen-bond acceptors (Lipinski definition) is 1. The van der Waals surface area contributed by atoms with Gasteiger partial charge in [-0.3, -0.25) is 0 Å². The fourth-order valence-corrected chi connectivity index (χ4v) is 4.03. The van der Waals surface area contributed by atoms with Crippen LogP contribution in [-0.2, 0) is 19.6 Å². The first-order chi connectivity index (χ1) is 16.0. The Bertz CT molecular complexity index is 1220. The minimum absolute atomic E-state index is 0.266. The minimum Gasteiger partial charge on any atom is -0.345 e. The van der Waals surface area contributed by atoms with Crippen molar-refractivity contribution in [3.8, 4) is 0 Å². The third kappa shape index (κ3) is 6.18. The molecular formula is C26H22ClF2N3S. The van der Waals surface area contributed by atoms with Crippen molar-refractivity contribution in [1.82, 2.24) is 9.47 Å². The molecule has 0 atom stereocenters. The molecule has 4 aromatic rings. The predicted octanol–water partition coefficient (Wildman–Crippen LogP) is 6.87. The zero-order valence-corrected chi connectivity index (χ0v) is 19.3. The Kier molecular flexibility index (Phi) is 7.37. The number of hydrogen-bond donors (Lipinski definition) is 1. The highest BCUT2D eigenvalue weighted by Crippen LogP contribution is 2.20. The topological polar surface area (TPSA) is 20.2 Å². The van der Waals surface area contributed by atoms with Gasteiger partial charge in [0.05, 0.1) is 6.54 Å². The van der Waals surface area contributed by atoms with Crippen LogP contribution in [0.2, 0.25) is 5.02 Å². The number of anilines is 1. The number of nitrogens with zero attached hydrogens (tertiary/aromatic N) is 2. The van der Waals surface area contributed by atoms with Crippen molar-refractivity contribution in [1.29, 1.82) is 0 Å². The van der Waals surface area contributed by atoms with Crippen LogP contribution in [0.4, 0.5) is 14.5 Å². The van der Waals surface area contributed by atoms with Crippen molar-refractivity contribution in [3.63, 3.8) is 0 Å². The molecule has 3 nitrogen and oxygen atoms in total. The van der Waals surface area contributed by atoms with Gasteiger partial charge >= 0.3 is 0 Å². The molecular weight excluding hydrogens is 460 g/mol. The van der Waals surface area contributed by atoms with Crippen LogP contribution in [0.25, 0.3) is 0 Å². The highest BCUT2D eigenvalue weighted by atomic mass is 35.5. The second kappa shape index (κ2) is 10.6. The van der Waals surface area contributed by atoms with E-state index in [1.54, 1.807) is 0 Å². The number of halogens is 3. The van der Waals surface area contributed by atoms with E-state index in [1.165, 1.54) is 12.1 Å². The summed E-state index contributed by atoms with van der Waals surface area (Å²) in [6, 6.07) is 24.9. The normalized spacial score (nSPS) is 10.8. The summed E-state index contributed by atoms with van der Waals surface area (Å²) in [6.07, 6.45) is 2.00. The third-order valence-corrected chi connectivity index (χ3v) is 5.92. The molecule has 168 valence electrons. The summed E-state index contributed by atoms with van der Waals surface area (Å²) in [5.74, 6) is -1.33. The molecule has 0 amide bonds. The molecule has 0 unspecified atom stereocenters. The molecule has 0 aliphatic carbocycles. The van der Waals surface area contributed by atoms with Crippen LogP contribution in [-0.4, -0.2) is 14.6 Å². The molecule has 1 heterocycles. The average molecular weight is 482 g/mol. The van der Waals surface area contributed by atoms with Crippen LogP contribution in [0, 0.1) is 11.6 Å². The molecule has 33 heavy (non-hydrogen) atoms. The van der Waals surface area contributed by atoms with Crippen LogP contribution < -0.4 is 5.32 Å². The monoisotopic (exact) mass is 481 g/mol. The van der Waals surface area contributed by atoms with Gasteiger partial charge in [0, 0.05) is 41.8 Å². The highest BCUT2D eigenvalue weighted by Gasteiger charge is 2.15. The van der Waals surface area contributed by atoms with Crippen molar-refractivity contribution in [2.45, 2.75) is 19.6 Å². The standard InChI is InChI=1S/C26H22ClF2N3S/c27-25-11-5-4-9-20(25)17-31-12-6-10-24(31)18-32(16-19-7-2-1-3-8-19)26(33)30-23-14-21(28)13-22(29)15-23/h1-15H,16-18H2,(H,30,33). The molecule has 0 saturated heterocycles. The van der Waals surface area contributed by atoms with E-state index in [0.717, 1.165) is 22.9 Å². The third-order valence-electron chi connectivity index (χ3n) is 5.19. The van der Waals surface area contributed by atoms with Gasteiger partial charge in [-0.15, -0.1) is 0 Å². The molecule has 0 saturated carbocycles. The van der Waals surface area contributed by atoms with E-state index < -0.39 is 11.6 Å². The Balaban J connectivity index is 1.57. The number of thiocarbonyl (C=S) groups is 1. The van der Waals surface area contributed by atoms with Gasteiger partial charge in [-0.05, 0) is 53.7 Å². The van der Waals surface area contributed by atoms with Gasteiger partial charge in [-0.25, -0.2) is 8.78 Å². The SMILES string of the molecule is Fc1cc(F)cc(NC(=S)N(Cc2ccccc2)Cc2cccn2Cc2ccccc2Cl)c1. The molecule has 1 N–H and O–H groups in total. The van der Waals surface area contributed by atoms with Gasteiger partial charge in [-0.2, -0.15) is 0 Å². The minimum atomic E-state index is -0.663. The van der Waals surface area contributed by atoms with Crippen LogP contribution >= 0.6 is 23.8 Å². The molecule has 0 bridgehead atoms. The predicted molar refractivity (Wildman–Crippen MR) is 133 cm³/mol. The van der Waals surface area contributed by atoms with E-state index in [9.17, 15) is 8.78 Å². The lowest BCUT2D eigenvalue weighted by Gasteiger charge is -2.27. The second-order valence-corrected chi connectivity index (χ2v) is 8.44. The molecule has 0 aliphatic rings. The lowest BCUT2D eigenvalue weighted by atomic mass is 10.2. The van der Waals surface area contributed by atoms with E-state index in [2.05, 4.69) is 9.88 Å². The average Bonchev–Trinajstić information content (AvgIpc) is 3.21. The zero-order valence-electron chi connectivity index (χ0n) is 17.7. The van der Waals surface area contributed by atoms with Crippen molar-refractivity contribution in [2.75, 3.05) is 5.32 Å². The Morgan fingerprint density at radius 1 is 0.879 bits per heavy atom. The maximum atomic E-state index is 13.7. The quantitative estimate of drug-likeness (QED) is 0.291. The number of benzene rings is 3. The first-order valence-corrected chi connectivity index (χ1v) is 11.2. The Morgan fingerprint density at radius 3 is 2.30 bits per heavy atom. The van der Waals surface area contributed by atoms with Gasteiger partial charge in [-0.1, -0.05) is 60.1 Å². The summed E-state index contributed by atoms with van der Waals surface area (Å²) < 4.78 is 29.5. The summed E-state index contributed by atoms with van der Waals surface area (Å²) in [5.41, 5.74) is 3.38. The summed E-state index contributed by atoms with van der Waals surface area (Å²) in [5, 5.41) is 4.06. The molecule has 4 rings (SSSR count). The molecule has 3 aromatic carbocycles. The highest BCUT2D eigenvalue weighted by molar-refractivity contribution is 7.80. The summed E-state index contributed by atoms with van der Waals surface area (Å²) in [6.45, 7) is 1.65. The van der Waals surface area contributed by atoms with Crippen LogP contribution in [0.5, 0.6) is 0 Å². The van der Waals surface area contributed by atoms with Crippen LogP contribution in [0.3, 0.4) is 0 Å². The lowest BCUT2D eigenvalue weighted by molar-refractivity contribution is 0.399. The van der Waals surface area contributed by atoms with Crippen molar-refractivity contribution in [3.05, 3.63) is 125 Å². The Hall–Kier alpha value is -3.22. The largest absolute Gasteiger partial charge is 0.345 e. The van der Waals surface area contributed by atoms with Gasteiger partial charge in [0.2, 0.25) is 0 Å². The molecule has 0 spiro atoms. The van der Waals surface area contributed by atoms with Gasteiger partial charge < -0.3 is 14.8 Å². The second-order valence-electron chi connectivity index (χ2n) is 7.65. The van der Waals surface area contributed by atoms with Gasteiger partial charge in [0.1, 0.15) is 11.6 Å². The fourth-order valence-electron chi connectivity index (χ4n) is 3.58. The molecule has 0 aliphatic heterocycles. The van der Waals surface area contributed by atoms with E-state index in [4.69, 9.17) is 23.8 Å². The summed E-state index contributed by atoms with van der Waals surface area (Å²) >= 11 is 12.0. The fraction of sp³-hybridized carbons (Fsp3) is 0.115. The maximum Gasteiger partial charge on any atom is 0.174 e. The van der Waals surface area contributed by atoms with Crippen molar-refractivity contribution in [2.24, 2.45) is 0 Å². The number of rotatable bonds is 7. The van der Waals surface area contributed by atoms with Gasteiger partial charge in [0.15, 0.2) is 5.11 Å². The van der Waals surface area contributed by atoms with Crippen molar-refractivity contribution < 1.29 is 8.78 Å². The first-order valence-electron chi connectivity index (χ1n) is 10.4. The first kappa shape index (κ1) is 23.0. The molecule has 1 aromatic heterocycles. The Labute approximate surface area is 202 Å². The van der Waals surface area contributed by atoms with Crippen LogP contribution in [0.1, 0.15) is 16.8 Å². The number of aromatic nitrogens is 1. The lowest BCUT2D eigenvalue weighted by Crippen LogP contribution is -2.34. The van der Waals surface area contributed by atoms with E-state index >= 15 is 0 Å². The smallest absolute Gasteiger partial charge is 0.174 e. The van der Waals surface area contributed by atoms with Crippen molar-refractivity contribution >= 4 is 34.6 Å². The maximum absolute atomic E-state index is 13.7. The number of nitrogens with one attached hydrogen (secondary N) is 1. The molecule has 7 heteroatoms. The molecule has 0 fully saturated rings. The molecule has 0 radical (unpaired) electrons. The van der Waals surface area contributed by atoms with E-state index in [0.29, 0.717) is 29.8 Å². The summed E-state index contributed by atoms with van der Waals surface area (Å²) in [7, 11) is 0. The Morgan fingerprint density at radius 2 is 1.58 bits per heavy atom. The van der Waals surface area contributed by atoms with E-state index in [1.807, 2.05) is 77.8 Å². The summed E-state index contributed by atoms with van der Waals surface area (Å²) in [4.78, 5) is 1.96. The van der Waals surface area contributed by atoms with Gasteiger partial charge in [0.25, 0.3) is 0 Å². The van der Waals surface area contributed by atoms with Crippen LogP contribution in [0.15, 0.2) is 91.1 Å². The van der Waals surface area contributed by atoms with E-state index in [-0.39, 0.29) is 5.69 Å². The zero-order chi connectivity index (χ0) is 23.2.